The van der Waals surface area contributed by atoms with Crippen LogP contribution in [-0.2, 0) is 0 Å². The van der Waals surface area contributed by atoms with Crippen LogP contribution in [0.25, 0.3) is 5.69 Å². The van der Waals surface area contributed by atoms with Gasteiger partial charge in [-0.25, -0.2) is 13.5 Å². The minimum absolute atomic E-state index is 0.303. The normalized spacial score (nSPS) is 22.9. The van der Waals surface area contributed by atoms with Crippen molar-refractivity contribution in [1.29, 1.82) is 0 Å². The molecule has 0 bridgehead atoms. The Bertz CT molecular complexity index is 609. The van der Waals surface area contributed by atoms with E-state index in [9.17, 15) is 8.78 Å². The summed E-state index contributed by atoms with van der Waals surface area (Å²) < 4.78 is 28.6. The number of halogens is 2. The Morgan fingerprint density at radius 1 is 1.30 bits per heavy atom. The molecule has 0 saturated carbocycles. The first-order valence-electron chi connectivity index (χ1n) is 6.87. The first-order chi connectivity index (χ1) is 9.66. The van der Waals surface area contributed by atoms with Crippen LogP contribution < -0.4 is 5.32 Å². The molecule has 0 amide bonds. The van der Waals surface area contributed by atoms with Crippen LogP contribution in [-0.4, -0.2) is 22.9 Å². The maximum atomic E-state index is 13.9. The Hall–Kier alpha value is -1.75. The topological polar surface area (TPSA) is 29.9 Å². The molecule has 2 atom stereocenters. The van der Waals surface area contributed by atoms with E-state index in [4.69, 9.17) is 0 Å². The van der Waals surface area contributed by atoms with E-state index >= 15 is 0 Å². The maximum Gasteiger partial charge on any atom is 0.151 e. The highest BCUT2D eigenvalue weighted by Crippen LogP contribution is 2.31. The average molecular weight is 277 g/mol. The van der Waals surface area contributed by atoms with Crippen LogP contribution in [0.2, 0.25) is 0 Å². The molecule has 0 unspecified atom stereocenters. The van der Waals surface area contributed by atoms with Gasteiger partial charge in [0.1, 0.15) is 11.5 Å². The number of piperidine rings is 1. The number of hydrogen-bond donors (Lipinski definition) is 1. The lowest BCUT2D eigenvalue weighted by Crippen LogP contribution is -2.34. The lowest BCUT2D eigenvalue weighted by Gasteiger charge is -2.30. The Labute approximate surface area is 116 Å². The second kappa shape index (κ2) is 5.32. The zero-order valence-corrected chi connectivity index (χ0v) is 11.3. The van der Waals surface area contributed by atoms with E-state index in [-0.39, 0.29) is 0 Å². The van der Waals surface area contributed by atoms with Crippen LogP contribution in [0.4, 0.5) is 8.78 Å². The summed E-state index contributed by atoms with van der Waals surface area (Å²) in [5.74, 6) is -0.363. The summed E-state index contributed by atoms with van der Waals surface area (Å²) in [4.78, 5) is 0. The maximum absolute atomic E-state index is 13.9. The van der Waals surface area contributed by atoms with Gasteiger partial charge < -0.3 is 5.32 Å². The van der Waals surface area contributed by atoms with Crippen molar-refractivity contribution in [2.75, 3.05) is 13.1 Å². The van der Waals surface area contributed by atoms with E-state index in [1.165, 1.54) is 12.1 Å². The molecule has 0 aliphatic carbocycles. The molecule has 1 aromatic heterocycles. The number of hydrogen-bond acceptors (Lipinski definition) is 2. The predicted octanol–water partition coefficient (Wildman–Crippen LogP) is 2.86. The summed E-state index contributed by atoms with van der Waals surface area (Å²) in [5, 5.41) is 7.57. The van der Waals surface area contributed by atoms with Crippen LogP contribution in [0.5, 0.6) is 0 Å². The van der Waals surface area contributed by atoms with Crippen molar-refractivity contribution in [1.82, 2.24) is 15.1 Å². The molecule has 1 saturated heterocycles. The smallest absolute Gasteiger partial charge is 0.151 e. The van der Waals surface area contributed by atoms with Crippen molar-refractivity contribution in [3.05, 3.63) is 47.8 Å². The molecule has 1 aromatic carbocycles. The van der Waals surface area contributed by atoms with Crippen LogP contribution in [0.15, 0.2) is 30.5 Å². The number of benzene rings is 1. The summed E-state index contributed by atoms with van der Waals surface area (Å²) in [6.07, 6.45) is 2.67. The van der Waals surface area contributed by atoms with Gasteiger partial charge in [0.15, 0.2) is 5.82 Å². The predicted molar refractivity (Wildman–Crippen MR) is 72.9 cm³/mol. The molecule has 1 N–H and O–H groups in total. The molecule has 1 aliphatic rings. The molecular weight excluding hydrogens is 260 g/mol. The summed E-state index contributed by atoms with van der Waals surface area (Å²) in [7, 11) is 0. The minimum Gasteiger partial charge on any atom is -0.316 e. The highest BCUT2D eigenvalue weighted by Gasteiger charge is 2.26. The molecular formula is C15H17F2N3. The lowest BCUT2D eigenvalue weighted by molar-refractivity contribution is 0.339. The highest BCUT2D eigenvalue weighted by molar-refractivity contribution is 5.35. The van der Waals surface area contributed by atoms with E-state index in [1.807, 2.05) is 6.07 Å². The summed E-state index contributed by atoms with van der Waals surface area (Å²) in [6, 6.07) is 5.52. The van der Waals surface area contributed by atoms with Gasteiger partial charge in [0.05, 0.1) is 0 Å². The fourth-order valence-corrected chi connectivity index (χ4v) is 2.90. The van der Waals surface area contributed by atoms with Gasteiger partial charge in [-0.2, -0.15) is 5.10 Å². The van der Waals surface area contributed by atoms with Crippen molar-refractivity contribution in [2.24, 2.45) is 5.92 Å². The fourth-order valence-electron chi connectivity index (χ4n) is 2.90. The molecule has 3 nitrogen and oxygen atoms in total. The molecule has 0 radical (unpaired) electrons. The van der Waals surface area contributed by atoms with E-state index in [1.54, 1.807) is 10.9 Å². The second-order valence-electron chi connectivity index (χ2n) is 5.34. The largest absolute Gasteiger partial charge is 0.316 e. The number of rotatable bonds is 2. The molecule has 2 heterocycles. The van der Waals surface area contributed by atoms with E-state index < -0.39 is 11.6 Å². The Morgan fingerprint density at radius 3 is 2.90 bits per heavy atom. The highest BCUT2D eigenvalue weighted by atomic mass is 19.1. The number of aromatic nitrogens is 2. The molecule has 3 rings (SSSR count). The SMILES string of the molecule is C[C@@H]1CNCC[C@@H]1c1ccnn1-c1ccc(F)cc1F. The van der Waals surface area contributed by atoms with Crippen LogP contribution in [0.1, 0.15) is 25.0 Å². The third kappa shape index (κ3) is 2.33. The van der Waals surface area contributed by atoms with E-state index in [2.05, 4.69) is 17.3 Å². The first-order valence-corrected chi connectivity index (χ1v) is 6.87. The molecule has 1 aliphatic heterocycles. The van der Waals surface area contributed by atoms with Gasteiger partial charge in [0.25, 0.3) is 0 Å². The van der Waals surface area contributed by atoms with Crippen LogP contribution in [0, 0.1) is 17.6 Å². The standard InChI is InChI=1S/C15H17F2N3/c1-10-9-18-6-4-12(10)14-5-7-19-20(14)15-3-2-11(16)8-13(15)17/h2-3,5,7-8,10,12,18H,4,6,9H2,1H3/t10-,12+/m1/s1. The zero-order valence-electron chi connectivity index (χ0n) is 11.3. The Balaban J connectivity index is 2.01. The summed E-state index contributed by atoms with van der Waals surface area (Å²) in [6.45, 7) is 4.07. The van der Waals surface area contributed by atoms with Gasteiger partial charge in [0, 0.05) is 23.9 Å². The Morgan fingerprint density at radius 2 is 2.15 bits per heavy atom. The van der Waals surface area contributed by atoms with Gasteiger partial charge in [-0.05, 0) is 43.6 Å². The molecule has 5 heteroatoms. The molecule has 106 valence electrons. The fraction of sp³-hybridized carbons (Fsp3) is 0.400. The van der Waals surface area contributed by atoms with Crippen LogP contribution in [0.3, 0.4) is 0 Å². The van der Waals surface area contributed by atoms with E-state index in [0.29, 0.717) is 17.5 Å². The quantitative estimate of drug-likeness (QED) is 0.914. The van der Waals surface area contributed by atoms with Gasteiger partial charge in [-0.1, -0.05) is 6.92 Å². The minimum atomic E-state index is -0.587. The molecule has 2 aromatic rings. The molecule has 1 fully saturated rings. The lowest BCUT2D eigenvalue weighted by atomic mass is 9.85. The van der Waals surface area contributed by atoms with Crippen LogP contribution >= 0.6 is 0 Å². The van der Waals surface area contributed by atoms with Crippen molar-refractivity contribution in [3.63, 3.8) is 0 Å². The summed E-state index contributed by atoms with van der Waals surface area (Å²) in [5.41, 5.74) is 1.29. The van der Waals surface area contributed by atoms with Gasteiger partial charge in [-0.15, -0.1) is 0 Å². The zero-order chi connectivity index (χ0) is 14.1. The number of nitrogens with zero attached hydrogens (tertiary/aromatic N) is 2. The molecule has 20 heavy (non-hydrogen) atoms. The van der Waals surface area contributed by atoms with Crippen molar-refractivity contribution < 1.29 is 8.78 Å². The monoisotopic (exact) mass is 277 g/mol. The average Bonchev–Trinajstić information content (AvgIpc) is 2.88. The number of nitrogens with one attached hydrogen (secondary N) is 1. The Kier molecular flexibility index (Phi) is 3.53. The van der Waals surface area contributed by atoms with Crippen molar-refractivity contribution >= 4 is 0 Å². The van der Waals surface area contributed by atoms with Crippen molar-refractivity contribution in [2.45, 2.75) is 19.3 Å². The van der Waals surface area contributed by atoms with Gasteiger partial charge in [-0.3, -0.25) is 0 Å². The molecule has 0 spiro atoms. The summed E-state index contributed by atoms with van der Waals surface area (Å²) >= 11 is 0. The van der Waals surface area contributed by atoms with Gasteiger partial charge in [0.2, 0.25) is 0 Å². The second-order valence-corrected chi connectivity index (χ2v) is 5.34. The van der Waals surface area contributed by atoms with Crippen molar-refractivity contribution in [3.8, 4) is 5.69 Å². The first kappa shape index (κ1) is 13.2. The van der Waals surface area contributed by atoms with E-state index in [0.717, 1.165) is 31.3 Å². The third-order valence-corrected chi connectivity index (χ3v) is 3.98. The third-order valence-electron chi connectivity index (χ3n) is 3.98. The van der Waals surface area contributed by atoms with Gasteiger partial charge >= 0.3 is 0 Å².